The zero-order chi connectivity index (χ0) is 16.9. The Morgan fingerprint density at radius 1 is 0.840 bits per heavy atom. The predicted molar refractivity (Wildman–Crippen MR) is 103 cm³/mol. The molecule has 4 aromatic rings. The van der Waals surface area contributed by atoms with Gasteiger partial charge < -0.3 is 9.30 Å². The first kappa shape index (κ1) is 14.7. The molecule has 0 spiro atoms. The molecule has 1 aliphatic rings. The van der Waals surface area contributed by atoms with Crippen LogP contribution in [0, 0.1) is 0 Å². The maximum Gasteiger partial charge on any atom is 0.212 e. The van der Waals surface area contributed by atoms with Gasteiger partial charge in [0, 0.05) is 35.3 Å². The number of aryl methyl sites for hydroxylation is 1. The highest BCUT2D eigenvalue weighted by molar-refractivity contribution is 8.00. The van der Waals surface area contributed by atoms with Gasteiger partial charge in [-0.05, 0) is 18.2 Å². The largest absolute Gasteiger partial charge is 0.466 e. The van der Waals surface area contributed by atoms with E-state index in [0.29, 0.717) is 0 Å². The van der Waals surface area contributed by atoms with Crippen LogP contribution in [0.5, 0.6) is 5.75 Å². The second kappa shape index (κ2) is 5.43. The molecule has 2 nitrogen and oxygen atoms in total. The highest BCUT2D eigenvalue weighted by Crippen LogP contribution is 2.57. The van der Waals surface area contributed by atoms with Gasteiger partial charge in [0.1, 0.15) is 5.75 Å². The molecule has 0 fully saturated rings. The SMILES string of the molecule is Cn1cc(C2(c3ccccc3)Oc3ccccc3S2)c2ccccc21. The number of nitrogens with zero attached hydrogens (tertiary/aromatic N) is 1. The average molecular weight is 343 g/mol. The number of para-hydroxylation sites is 2. The van der Waals surface area contributed by atoms with E-state index in [4.69, 9.17) is 4.74 Å². The summed E-state index contributed by atoms with van der Waals surface area (Å²) in [6.45, 7) is 0. The summed E-state index contributed by atoms with van der Waals surface area (Å²) in [5.74, 6) is 0.948. The van der Waals surface area contributed by atoms with Gasteiger partial charge in [-0.3, -0.25) is 0 Å². The zero-order valence-electron chi connectivity index (χ0n) is 13.8. The molecular weight excluding hydrogens is 326 g/mol. The van der Waals surface area contributed by atoms with Crippen LogP contribution in [0.15, 0.2) is 90.0 Å². The van der Waals surface area contributed by atoms with Crippen molar-refractivity contribution in [1.29, 1.82) is 0 Å². The van der Waals surface area contributed by atoms with Crippen molar-refractivity contribution in [1.82, 2.24) is 4.57 Å². The fourth-order valence-electron chi connectivity index (χ4n) is 3.59. The molecule has 0 N–H and O–H groups in total. The lowest BCUT2D eigenvalue weighted by molar-refractivity contribution is 0.219. The summed E-state index contributed by atoms with van der Waals surface area (Å²) < 4.78 is 8.82. The second-order valence-corrected chi connectivity index (χ2v) is 7.52. The third-order valence-corrected chi connectivity index (χ3v) is 6.15. The van der Waals surface area contributed by atoms with Crippen molar-refractivity contribution in [2.24, 2.45) is 7.05 Å². The third kappa shape index (κ3) is 2.12. The number of ether oxygens (including phenoxy) is 1. The van der Waals surface area contributed by atoms with Crippen LogP contribution in [0.4, 0.5) is 0 Å². The molecule has 1 aromatic heterocycles. The summed E-state index contributed by atoms with van der Waals surface area (Å²) in [6.07, 6.45) is 2.20. The first-order chi connectivity index (χ1) is 12.3. The van der Waals surface area contributed by atoms with Gasteiger partial charge in [-0.25, -0.2) is 0 Å². The van der Waals surface area contributed by atoms with Gasteiger partial charge in [0.15, 0.2) is 0 Å². The molecule has 3 heteroatoms. The lowest BCUT2D eigenvalue weighted by Crippen LogP contribution is -2.27. The number of hydrogen-bond donors (Lipinski definition) is 0. The molecule has 0 saturated carbocycles. The molecule has 0 radical (unpaired) electrons. The van der Waals surface area contributed by atoms with Gasteiger partial charge in [0.2, 0.25) is 4.93 Å². The van der Waals surface area contributed by atoms with Crippen LogP contribution in [0.2, 0.25) is 0 Å². The van der Waals surface area contributed by atoms with Crippen LogP contribution >= 0.6 is 11.8 Å². The molecule has 2 heterocycles. The third-order valence-electron chi connectivity index (χ3n) is 4.76. The number of rotatable bonds is 2. The van der Waals surface area contributed by atoms with E-state index in [1.54, 1.807) is 11.8 Å². The van der Waals surface area contributed by atoms with E-state index >= 15 is 0 Å². The molecule has 0 amide bonds. The standard InChI is InChI=1S/C22H17NOS/c1-23-15-18(17-11-5-6-12-19(17)23)22(16-9-3-2-4-10-16)24-20-13-7-8-14-21(20)25-22/h2-15H,1H3. The second-order valence-electron chi connectivity index (χ2n) is 6.30. The fourth-order valence-corrected chi connectivity index (χ4v) is 4.92. The van der Waals surface area contributed by atoms with Crippen LogP contribution in [0.1, 0.15) is 11.1 Å². The summed E-state index contributed by atoms with van der Waals surface area (Å²) in [5, 5.41) is 1.23. The molecule has 1 atom stereocenters. The molecule has 122 valence electrons. The minimum absolute atomic E-state index is 0.564. The summed E-state index contributed by atoms with van der Waals surface area (Å²) >= 11 is 1.78. The van der Waals surface area contributed by atoms with Crippen LogP contribution in [-0.4, -0.2) is 4.57 Å². The number of benzene rings is 3. The van der Waals surface area contributed by atoms with Crippen molar-refractivity contribution in [2.75, 3.05) is 0 Å². The van der Waals surface area contributed by atoms with Gasteiger partial charge in [-0.1, -0.05) is 72.4 Å². The van der Waals surface area contributed by atoms with E-state index in [2.05, 4.69) is 84.5 Å². The fraction of sp³-hybridized carbons (Fsp3) is 0.0909. The Morgan fingerprint density at radius 3 is 2.40 bits per heavy atom. The van der Waals surface area contributed by atoms with Gasteiger partial charge in [-0.2, -0.15) is 0 Å². The van der Waals surface area contributed by atoms with E-state index in [9.17, 15) is 0 Å². The van der Waals surface area contributed by atoms with Crippen molar-refractivity contribution >= 4 is 22.7 Å². The lowest BCUT2D eigenvalue weighted by Gasteiger charge is -2.28. The zero-order valence-corrected chi connectivity index (χ0v) is 14.7. The Hall–Kier alpha value is -2.65. The van der Waals surface area contributed by atoms with Gasteiger partial charge >= 0.3 is 0 Å². The molecule has 1 aliphatic heterocycles. The number of fused-ring (bicyclic) bond motifs is 2. The summed E-state index contributed by atoms with van der Waals surface area (Å²) in [5.41, 5.74) is 3.57. The highest BCUT2D eigenvalue weighted by atomic mass is 32.2. The van der Waals surface area contributed by atoms with Crippen LogP contribution in [0.3, 0.4) is 0 Å². The van der Waals surface area contributed by atoms with Crippen LogP contribution < -0.4 is 4.74 Å². The smallest absolute Gasteiger partial charge is 0.212 e. The Bertz CT molecular complexity index is 1040. The molecule has 0 saturated heterocycles. The molecule has 0 aliphatic carbocycles. The van der Waals surface area contributed by atoms with E-state index in [0.717, 1.165) is 11.3 Å². The Labute approximate surface area is 151 Å². The highest BCUT2D eigenvalue weighted by Gasteiger charge is 2.45. The van der Waals surface area contributed by atoms with Crippen molar-refractivity contribution < 1.29 is 4.74 Å². The molecule has 5 rings (SSSR count). The monoisotopic (exact) mass is 343 g/mol. The summed E-state index contributed by atoms with van der Waals surface area (Å²) in [4.78, 5) is 0.616. The van der Waals surface area contributed by atoms with Crippen molar-refractivity contribution in [2.45, 2.75) is 9.83 Å². The summed E-state index contributed by atoms with van der Waals surface area (Å²) in [7, 11) is 2.09. The topological polar surface area (TPSA) is 14.2 Å². The van der Waals surface area contributed by atoms with Crippen molar-refractivity contribution in [3.63, 3.8) is 0 Å². The summed E-state index contributed by atoms with van der Waals surface area (Å²) in [6, 6.07) is 27.3. The van der Waals surface area contributed by atoms with Crippen LogP contribution in [-0.2, 0) is 12.0 Å². The van der Waals surface area contributed by atoms with E-state index < -0.39 is 4.93 Å². The minimum Gasteiger partial charge on any atom is -0.466 e. The Balaban J connectivity index is 1.80. The Kier molecular flexibility index (Phi) is 3.19. The van der Waals surface area contributed by atoms with Gasteiger partial charge in [-0.15, -0.1) is 0 Å². The number of aromatic nitrogens is 1. The normalized spacial score (nSPS) is 18.9. The van der Waals surface area contributed by atoms with Crippen molar-refractivity contribution in [3.8, 4) is 5.75 Å². The van der Waals surface area contributed by atoms with E-state index in [1.807, 2.05) is 12.1 Å². The van der Waals surface area contributed by atoms with Crippen LogP contribution in [0.25, 0.3) is 10.9 Å². The molecule has 25 heavy (non-hydrogen) atoms. The molecule has 3 aromatic carbocycles. The molecule has 1 unspecified atom stereocenters. The quantitative estimate of drug-likeness (QED) is 0.473. The predicted octanol–water partition coefficient (Wildman–Crippen LogP) is 5.56. The van der Waals surface area contributed by atoms with Gasteiger partial charge in [0.25, 0.3) is 0 Å². The Morgan fingerprint density at radius 2 is 1.56 bits per heavy atom. The number of thioether (sulfide) groups is 1. The van der Waals surface area contributed by atoms with E-state index in [1.165, 1.54) is 21.4 Å². The molecule has 0 bridgehead atoms. The van der Waals surface area contributed by atoms with Crippen molar-refractivity contribution in [3.05, 3.63) is 96.2 Å². The van der Waals surface area contributed by atoms with Gasteiger partial charge in [0.05, 0.1) is 4.90 Å². The minimum atomic E-state index is -0.564. The maximum atomic E-state index is 6.64. The maximum absolute atomic E-state index is 6.64. The lowest BCUT2D eigenvalue weighted by atomic mass is 10.00. The molecular formula is C22H17NOS. The average Bonchev–Trinajstić information content (AvgIpc) is 3.22. The first-order valence-electron chi connectivity index (χ1n) is 8.35. The first-order valence-corrected chi connectivity index (χ1v) is 9.17. The number of hydrogen-bond acceptors (Lipinski definition) is 2. The van der Waals surface area contributed by atoms with E-state index in [-0.39, 0.29) is 0 Å².